The van der Waals surface area contributed by atoms with Crippen molar-refractivity contribution in [2.75, 3.05) is 32.7 Å². The Morgan fingerprint density at radius 2 is 1.45 bits per heavy atom. The van der Waals surface area contributed by atoms with Gasteiger partial charge in [0.05, 0.1) is 11.1 Å². The van der Waals surface area contributed by atoms with E-state index in [1.165, 1.54) is 11.0 Å². The molecule has 0 radical (unpaired) electrons. The second kappa shape index (κ2) is 8.35. The zero-order chi connectivity index (χ0) is 21.3. The molecule has 156 valence electrons. The number of piperazine rings is 1. The minimum atomic E-state index is -0.336. The molecule has 29 heavy (non-hydrogen) atoms. The van der Waals surface area contributed by atoms with Crippen molar-refractivity contribution in [1.29, 1.82) is 0 Å². The largest absolute Gasteiger partial charge is 0.339 e. The Kier molecular flexibility index (Phi) is 6.05. The number of hydrogen-bond acceptors (Lipinski definition) is 4. The second-order valence-corrected chi connectivity index (χ2v) is 8.65. The highest BCUT2D eigenvalue weighted by atomic mass is 16.2. The molecule has 3 rings (SSSR count). The van der Waals surface area contributed by atoms with Crippen LogP contribution in [0.25, 0.3) is 0 Å². The molecule has 2 aliphatic rings. The molecule has 4 amide bonds. The molecule has 0 N–H and O–H groups in total. The van der Waals surface area contributed by atoms with Crippen LogP contribution in [0.2, 0.25) is 0 Å². The minimum Gasteiger partial charge on any atom is -0.339 e. The fourth-order valence-electron chi connectivity index (χ4n) is 3.77. The van der Waals surface area contributed by atoms with Crippen molar-refractivity contribution in [2.24, 2.45) is 11.8 Å². The predicted octanol–water partition coefficient (Wildman–Crippen LogP) is 2.27. The van der Waals surface area contributed by atoms with Crippen molar-refractivity contribution < 1.29 is 19.2 Å². The first-order valence-electron chi connectivity index (χ1n) is 10.3. The van der Waals surface area contributed by atoms with Crippen molar-refractivity contribution in [3.05, 3.63) is 34.9 Å². The van der Waals surface area contributed by atoms with E-state index in [4.69, 9.17) is 0 Å². The number of carbonyl (C=O) groups excluding carboxylic acids is 4. The van der Waals surface area contributed by atoms with Gasteiger partial charge >= 0.3 is 0 Å². The summed E-state index contributed by atoms with van der Waals surface area (Å²) in [5.74, 6) is -0.199. The zero-order valence-electron chi connectivity index (χ0n) is 17.6. The van der Waals surface area contributed by atoms with E-state index in [0.29, 0.717) is 61.8 Å². The molecule has 0 aliphatic carbocycles. The predicted molar refractivity (Wildman–Crippen MR) is 109 cm³/mol. The van der Waals surface area contributed by atoms with E-state index in [1.54, 1.807) is 21.9 Å². The van der Waals surface area contributed by atoms with Crippen molar-refractivity contribution in [2.45, 2.75) is 34.1 Å². The number of nitrogens with zero attached hydrogens (tertiary/aromatic N) is 3. The van der Waals surface area contributed by atoms with E-state index in [0.717, 1.165) is 0 Å². The molecule has 0 atom stereocenters. The average molecular weight is 399 g/mol. The van der Waals surface area contributed by atoms with Crippen LogP contribution in [0.5, 0.6) is 0 Å². The molecule has 2 aliphatic heterocycles. The molecule has 7 nitrogen and oxygen atoms in total. The molecule has 7 heteroatoms. The van der Waals surface area contributed by atoms with Crippen LogP contribution in [0, 0.1) is 11.8 Å². The maximum absolute atomic E-state index is 12.9. The molecule has 0 unspecified atom stereocenters. The smallest absolute Gasteiger partial charge is 0.261 e. The Bertz CT molecular complexity index is 838. The molecule has 0 aromatic heterocycles. The van der Waals surface area contributed by atoms with Gasteiger partial charge in [0.1, 0.15) is 0 Å². The first-order valence-corrected chi connectivity index (χ1v) is 10.3. The summed E-state index contributed by atoms with van der Waals surface area (Å²) in [5.41, 5.74) is 1.06. The maximum Gasteiger partial charge on any atom is 0.261 e. The van der Waals surface area contributed by atoms with E-state index in [9.17, 15) is 19.2 Å². The molecule has 1 aromatic rings. The fraction of sp³-hybridized carbons (Fsp3) is 0.545. The number of hydrogen-bond donors (Lipinski definition) is 0. The lowest BCUT2D eigenvalue weighted by Crippen LogP contribution is -2.50. The van der Waals surface area contributed by atoms with Crippen LogP contribution < -0.4 is 0 Å². The Morgan fingerprint density at radius 1 is 0.862 bits per heavy atom. The average Bonchev–Trinajstić information content (AvgIpc) is 2.91. The van der Waals surface area contributed by atoms with Gasteiger partial charge in [-0.15, -0.1) is 0 Å². The summed E-state index contributed by atoms with van der Waals surface area (Å²) in [4.78, 5) is 55.0. The summed E-state index contributed by atoms with van der Waals surface area (Å²) in [6, 6.07) is 4.72. The maximum atomic E-state index is 12.9. The van der Waals surface area contributed by atoms with Crippen LogP contribution >= 0.6 is 0 Å². The van der Waals surface area contributed by atoms with Gasteiger partial charge in [-0.05, 0) is 30.0 Å². The first-order chi connectivity index (χ1) is 13.7. The Labute approximate surface area is 171 Å². The SMILES string of the molecule is CC(C)CC(=O)N1CCN(C(=O)c2ccc3c(c2)C(=O)N(CC(C)C)C3=O)CC1. The van der Waals surface area contributed by atoms with E-state index >= 15 is 0 Å². The molecule has 0 spiro atoms. The van der Waals surface area contributed by atoms with Crippen LogP contribution in [0.3, 0.4) is 0 Å². The summed E-state index contributed by atoms with van der Waals surface area (Å²) in [7, 11) is 0. The summed E-state index contributed by atoms with van der Waals surface area (Å²) in [6.07, 6.45) is 0.516. The van der Waals surface area contributed by atoms with E-state index in [-0.39, 0.29) is 29.5 Å². The van der Waals surface area contributed by atoms with Crippen molar-refractivity contribution in [3.63, 3.8) is 0 Å². The zero-order valence-corrected chi connectivity index (χ0v) is 17.6. The highest BCUT2D eigenvalue weighted by molar-refractivity contribution is 6.22. The monoisotopic (exact) mass is 399 g/mol. The van der Waals surface area contributed by atoms with E-state index in [1.807, 2.05) is 27.7 Å². The van der Waals surface area contributed by atoms with Gasteiger partial charge in [-0.2, -0.15) is 0 Å². The molecular formula is C22H29N3O4. The highest BCUT2D eigenvalue weighted by Crippen LogP contribution is 2.25. The van der Waals surface area contributed by atoms with Crippen LogP contribution in [-0.2, 0) is 4.79 Å². The minimum absolute atomic E-state index is 0.124. The normalized spacial score (nSPS) is 16.8. The standard InChI is InChI=1S/C22H29N3O4/c1-14(2)11-19(26)23-7-9-24(10-8-23)20(27)16-5-6-17-18(12-16)22(29)25(21(17)28)13-15(3)4/h5-6,12,14-15H,7-11,13H2,1-4H3. The van der Waals surface area contributed by atoms with Crippen molar-refractivity contribution in [3.8, 4) is 0 Å². The van der Waals surface area contributed by atoms with Crippen molar-refractivity contribution >= 4 is 23.6 Å². The first kappa shape index (κ1) is 21.0. The second-order valence-electron chi connectivity index (χ2n) is 8.65. The molecule has 0 bridgehead atoms. The van der Waals surface area contributed by atoms with Gasteiger partial charge in [0.2, 0.25) is 5.91 Å². The van der Waals surface area contributed by atoms with Gasteiger partial charge in [-0.1, -0.05) is 27.7 Å². The van der Waals surface area contributed by atoms with Crippen LogP contribution in [0.4, 0.5) is 0 Å². The molecule has 1 aromatic carbocycles. The van der Waals surface area contributed by atoms with Gasteiger partial charge < -0.3 is 9.80 Å². The fourth-order valence-corrected chi connectivity index (χ4v) is 3.77. The molecule has 0 saturated carbocycles. The third-order valence-electron chi connectivity index (χ3n) is 5.27. The quantitative estimate of drug-likeness (QED) is 0.712. The lowest BCUT2D eigenvalue weighted by Gasteiger charge is -2.35. The Morgan fingerprint density at radius 3 is 2.03 bits per heavy atom. The van der Waals surface area contributed by atoms with Gasteiger partial charge in [0, 0.05) is 44.7 Å². The van der Waals surface area contributed by atoms with Gasteiger partial charge in [0.15, 0.2) is 0 Å². The number of rotatable bonds is 5. The summed E-state index contributed by atoms with van der Waals surface area (Å²) < 4.78 is 0. The number of imide groups is 1. The van der Waals surface area contributed by atoms with Gasteiger partial charge in [0.25, 0.3) is 17.7 Å². The topological polar surface area (TPSA) is 78.0 Å². The molecule has 1 fully saturated rings. The summed E-state index contributed by atoms with van der Waals surface area (Å²) in [6.45, 7) is 10.2. The Hall–Kier alpha value is -2.70. The van der Waals surface area contributed by atoms with E-state index < -0.39 is 0 Å². The highest BCUT2D eigenvalue weighted by Gasteiger charge is 2.36. The van der Waals surface area contributed by atoms with E-state index in [2.05, 4.69) is 0 Å². The van der Waals surface area contributed by atoms with Crippen LogP contribution in [-0.4, -0.2) is 71.1 Å². The molecule has 1 saturated heterocycles. The number of carbonyl (C=O) groups is 4. The van der Waals surface area contributed by atoms with Crippen molar-refractivity contribution in [1.82, 2.24) is 14.7 Å². The van der Waals surface area contributed by atoms with Gasteiger partial charge in [-0.3, -0.25) is 24.1 Å². The lowest BCUT2D eigenvalue weighted by atomic mass is 10.0. The third kappa shape index (κ3) is 4.33. The molecular weight excluding hydrogens is 370 g/mol. The summed E-state index contributed by atoms with van der Waals surface area (Å²) in [5, 5.41) is 0. The lowest BCUT2D eigenvalue weighted by molar-refractivity contribution is -0.133. The third-order valence-corrected chi connectivity index (χ3v) is 5.27. The van der Waals surface area contributed by atoms with Crippen LogP contribution in [0.1, 0.15) is 65.2 Å². The molecule has 2 heterocycles. The Balaban J connectivity index is 1.68. The van der Waals surface area contributed by atoms with Gasteiger partial charge in [-0.25, -0.2) is 0 Å². The number of benzene rings is 1. The number of fused-ring (bicyclic) bond motifs is 1. The van der Waals surface area contributed by atoms with Crippen LogP contribution in [0.15, 0.2) is 18.2 Å². The summed E-state index contributed by atoms with van der Waals surface area (Å²) >= 11 is 0. The number of amides is 4.